The average Bonchev–Trinajstić information content (AvgIpc) is 3.54. The Morgan fingerprint density at radius 3 is 2.41 bits per heavy atom. The lowest BCUT2D eigenvalue weighted by molar-refractivity contribution is 0.0277. The third-order valence-corrected chi connectivity index (χ3v) is 6.77. The largest absolute Gasteiger partial charge is 0.459 e. The Morgan fingerprint density at radius 2 is 1.71 bits per heavy atom. The molecule has 0 radical (unpaired) electrons. The van der Waals surface area contributed by atoms with E-state index in [2.05, 4.69) is 63.8 Å². The Hall–Kier alpha value is -2.90. The van der Waals surface area contributed by atoms with Gasteiger partial charge in [0.15, 0.2) is 0 Å². The number of imidazole rings is 1. The van der Waals surface area contributed by atoms with Gasteiger partial charge >= 0.3 is 0 Å². The summed E-state index contributed by atoms with van der Waals surface area (Å²) in [4.78, 5) is 7.82. The Bertz CT molecular complexity index is 1280. The first-order chi connectivity index (χ1) is 16.7. The molecule has 2 N–H and O–H groups in total. The molecule has 174 valence electrons. The molecule has 0 spiro atoms. The Kier molecular flexibility index (Phi) is 5.97. The van der Waals surface area contributed by atoms with Crippen LogP contribution >= 0.6 is 11.6 Å². The summed E-state index contributed by atoms with van der Waals surface area (Å²) in [6, 6.07) is 21.5. The van der Waals surface area contributed by atoms with Crippen LogP contribution in [0.4, 0.5) is 0 Å². The molecular weight excluding hydrogens is 450 g/mol. The second-order valence-corrected chi connectivity index (χ2v) is 9.16. The lowest BCUT2D eigenvalue weighted by Gasteiger charge is -2.24. The van der Waals surface area contributed by atoms with Crippen LogP contribution in [0, 0.1) is 0 Å². The molecule has 2 atom stereocenters. The van der Waals surface area contributed by atoms with Gasteiger partial charge in [0.05, 0.1) is 42.0 Å². The van der Waals surface area contributed by atoms with Crippen LogP contribution in [0.1, 0.15) is 18.1 Å². The van der Waals surface area contributed by atoms with E-state index in [1.807, 2.05) is 12.1 Å². The molecular formula is C27H26ClN3O3. The van der Waals surface area contributed by atoms with Crippen LogP contribution in [0.2, 0.25) is 5.02 Å². The second kappa shape index (κ2) is 9.39. The van der Waals surface area contributed by atoms with Crippen LogP contribution in [-0.4, -0.2) is 49.0 Å². The fourth-order valence-corrected chi connectivity index (χ4v) is 4.83. The summed E-state index contributed by atoms with van der Waals surface area (Å²) < 4.78 is 17.1. The van der Waals surface area contributed by atoms with Gasteiger partial charge in [-0.25, -0.2) is 0 Å². The van der Waals surface area contributed by atoms with E-state index in [0.717, 1.165) is 60.4 Å². The number of benzene rings is 3. The van der Waals surface area contributed by atoms with E-state index >= 15 is 0 Å². The normalized spacial score (nSPS) is 20.6. The number of hydrogen-bond acceptors (Lipinski definition) is 5. The van der Waals surface area contributed by atoms with E-state index < -0.39 is 0 Å². The number of nitrogens with zero attached hydrogens (tertiary/aromatic N) is 1. The number of rotatable bonds is 5. The van der Waals surface area contributed by atoms with Gasteiger partial charge in [-0.2, -0.15) is 4.98 Å². The van der Waals surface area contributed by atoms with Crippen LogP contribution in [0.25, 0.3) is 33.3 Å². The van der Waals surface area contributed by atoms with Crippen molar-refractivity contribution in [1.82, 2.24) is 15.3 Å². The van der Waals surface area contributed by atoms with Gasteiger partial charge in [-0.05, 0) is 34.4 Å². The van der Waals surface area contributed by atoms with Gasteiger partial charge < -0.3 is 24.5 Å². The Morgan fingerprint density at radius 1 is 0.941 bits per heavy atom. The highest BCUT2D eigenvalue weighted by Crippen LogP contribution is 2.34. The summed E-state index contributed by atoms with van der Waals surface area (Å²) in [6.07, 6.45) is 1.05. The summed E-state index contributed by atoms with van der Waals surface area (Å²) in [5, 5.41) is 4.05. The molecule has 6 rings (SSSR count). The lowest BCUT2D eigenvalue weighted by Crippen LogP contribution is -2.33. The number of aromatic amines is 1. The maximum absolute atomic E-state index is 6.64. The number of morpholine rings is 1. The van der Waals surface area contributed by atoms with Crippen molar-refractivity contribution < 1.29 is 14.2 Å². The maximum Gasteiger partial charge on any atom is 0.294 e. The SMILES string of the molecule is Clc1cc2[nH]c(OC3CCOC3)nc2cc1-c1ccc(-c2ccc(C3CNCCO3)cc2)cc1. The number of fused-ring (bicyclic) bond motifs is 1. The minimum Gasteiger partial charge on any atom is -0.459 e. The summed E-state index contributed by atoms with van der Waals surface area (Å²) in [5.74, 6) is 0. The standard InChI is InChI=1S/C27H26ClN3O3/c28-23-14-25-24(30-27(31-25)34-21-9-11-32-16-21)13-22(23)19-5-1-17(2-6-19)18-3-7-20(8-4-18)26-15-29-10-12-33-26/h1-8,13-14,21,26,29H,9-12,15-16H2,(H,30,31). The highest BCUT2D eigenvalue weighted by atomic mass is 35.5. The van der Waals surface area contributed by atoms with E-state index in [1.165, 1.54) is 11.1 Å². The minimum absolute atomic E-state index is 0.0453. The number of nitrogens with one attached hydrogen (secondary N) is 2. The van der Waals surface area contributed by atoms with Crippen molar-refractivity contribution in [3.63, 3.8) is 0 Å². The molecule has 2 unspecified atom stereocenters. The van der Waals surface area contributed by atoms with Crippen LogP contribution < -0.4 is 10.1 Å². The predicted octanol–water partition coefficient (Wildman–Crippen LogP) is 5.38. The molecule has 0 amide bonds. The van der Waals surface area contributed by atoms with Gasteiger partial charge in [0.2, 0.25) is 0 Å². The average molecular weight is 476 g/mol. The van der Waals surface area contributed by atoms with Crippen molar-refractivity contribution in [2.45, 2.75) is 18.6 Å². The molecule has 3 aromatic carbocycles. The number of H-pyrrole nitrogens is 1. The first-order valence-electron chi connectivity index (χ1n) is 11.7. The first kappa shape index (κ1) is 21.6. The number of aromatic nitrogens is 2. The lowest BCUT2D eigenvalue weighted by atomic mass is 9.98. The van der Waals surface area contributed by atoms with Crippen molar-refractivity contribution in [2.75, 3.05) is 32.9 Å². The topological polar surface area (TPSA) is 68.4 Å². The van der Waals surface area contributed by atoms with Crippen molar-refractivity contribution in [3.05, 3.63) is 71.2 Å². The fraction of sp³-hybridized carbons (Fsp3) is 0.296. The molecule has 3 heterocycles. The van der Waals surface area contributed by atoms with Crippen LogP contribution in [0.5, 0.6) is 6.01 Å². The molecule has 0 saturated carbocycles. The molecule has 2 aliphatic rings. The molecule has 0 bridgehead atoms. The highest BCUT2D eigenvalue weighted by Gasteiger charge is 2.19. The predicted molar refractivity (Wildman–Crippen MR) is 133 cm³/mol. The summed E-state index contributed by atoms with van der Waals surface area (Å²) >= 11 is 6.64. The van der Waals surface area contributed by atoms with Gasteiger partial charge in [0, 0.05) is 25.1 Å². The van der Waals surface area contributed by atoms with E-state index in [0.29, 0.717) is 17.6 Å². The van der Waals surface area contributed by atoms with Crippen LogP contribution in [-0.2, 0) is 9.47 Å². The first-order valence-corrected chi connectivity index (χ1v) is 12.1. The third kappa shape index (κ3) is 4.42. The van der Waals surface area contributed by atoms with E-state index in [4.69, 9.17) is 25.8 Å². The Labute approximate surface area is 203 Å². The molecule has 34 heavy (non-hydrogen) atoms. The van der Waals surface area contributed by atoms with E-state index in [-0.39, 0.29) is 12.2 Å². The molecule has 4 aromatic rings. The smallest absolute Gasteiger partial charge is 0.294 e. The summed E-state index contributed by atoms with van der Waals surface area (Å²) in [5.41, 5.74) is 7.21. The van der Waals surface area contributed by atoms with Gasteiger partial charge in [-0.15, -0.1) is 0 Å². The van der Waals surface area contributed by atoms with Gasteiger partial charge in [0.1, 0.15) is 6.10 Å². The summed E-state index contributed by atoms with van der Waals surface area (Å²) in [6.45, 7) is 3.86. The van der Waals surface area contributed by atoms with Gasteiger partial charge in [0.25, 0.3) is 6.01 Å². The molecule has 2 aliphatic heterocycles. The van der Waals surface area contributed by atoms with E-state index in [1.54, 1.807) is 0 Å². The monoisotopic (exact) mass is 475 g/mol. The number of halogens is 1. The van der Waals surface area contributed by atoms with Crippen molar-refractivity contribution in [1.29, 1.82) is 0 Å². The zero-order valence-electron chi connectivity index (χ0n) is 18.7. The molecule has 2 fully saturated rings. The van der Waals surface area contributed by atoms with Crippen molar-refractivity contribution in [3.8, 4) is 28.3 Å². The van der Waals surface area contributed by atoms with Crippen LogP contribution in [0.3, 0.4) is 0 Å². The number of hydrogen-bond donors (Lipinski definition) is 2. The number of ether oxygens (including phenoxy) is 3. The summed E-state index contributed by atoms with van der Waals surface area (Å²) in [7, 11) is 0. The fourth-order valence-electron chi connectivity index (χ4n) is 4.56. The highest BCUT2D eigenvalue weighted by molar-refractivity contribution is 6.34. The van der Waals surface area contributed by atoms with Crippen molar-refractivity contribution >= 4 is 22.6 Å². The third-order valence-electron chi connectivity index (χ3n) is 6.45. The van der Waals surface area contributed by atoms with E-state index in [9.17, 15) is 0 Å². The quantitative estimate of drug-likeness (QED) is 0.405. The second-order valence-electron chi connectivity index (χ2n) is 8.76. The Balaban J connectivity index is 1.22. The minimum atomic E-state index is 0.0453. The van der Waals surface area contributed by atoms with Crippen molar-refractivity contribution in [2.24, 2.45) is 0 Å². The van der Waals surface area contributed by atoms with Gasteiger partial charge in [-0.3, -0.25) is 0 Å². The zero-order valence-corrected chi connectivity index (χ0v) is 19.5. The van der Waals surface area contributed by atoms with Gasteiger partial charge in [-0.1, -0.05) is 60.1 Å². The molecule has 7 heteroatoms. The molecule has 0 aliphatic carbocycles. The molecule has 1 aromatic heterocycles. The zero-order chi connectivity index (χ0) is 22.9. The molecule has 2 saturated heterocycles. The maximum atomic E-state index is 6.64. The van der Waals surface area contributed by atoms with Crippen LogP contribution in [0.15, 0.2) is 60.7 Å². The molecule has 6 nitrogen and oxygen atoms in total.